The average Bonchev–Trinajstić information content (AvgIpc) is 1.48. The molecule has 0 unspecified atom stereocenters. The van der Waals surface area contributed by atoms with Gasteiger partial charge in [-0.05, 0) is 84.5 Å². The van der Waals surface area contributed by atoms with Crippen LogP contribution in [0.5, 0.6) is 0 Å². The van der Waals surface area contributed by atoms with Crippen molar-refractivity contribution in [3.05, 3.63) is 99.7 Å². The highest BCUT2D eigenvalue weighted by Crippen LogP contribution is 2.46. The lowest BCUT2D eigenvalue weighted by atomic mass is 9.96. The largest absolute Gasteiger partial charge is 0.398 e. The van der Waals surface area contributed by atoms with E-state index in [1.54, 1.807) is 40.7 Å². The maximum absolute atomic E-state index is 12.5. The minimum Gasteiger partial charge on any atom is -0.398 e. The smallest absolute Gasteiger partial charge is 0.307 e. The van der Waals surface area contributed by atoms with Gasteiger partial charge in [0, 0.05) is 115 Å². The number of nitriles is 2. The fourth-order valence-corrected chi connectivity index (χ4v) is 36.1. The van der Waals surface area contributed by atoms with Crippen molar-refractivity contribution < 1.29 is 9.59 Å². The van der Waals surface area contributed by atoms with Crippen molar-refractivity contribution in [2.24, 2.45) is 11.5 Å². The summed E-state index contributed by atoms with van der Waals surface area (Å²) in [7, 11) is -8.66. The molecular weight excluding hydrogens is 1740 g/mol. The molecule has 0 amide bonds. The molecule has 0 aliphatic heterocycles. The number of carbonyl (C=O) groups is 2. The van der Waals surface area contributed by atoms with Crippen molar-refractivity contribution in [3.8, 4) is 21.9 Å². The molecule has 35 heteroatoms. The Labute approximate surface area is 695 Å². The van der Waals surface area contributed by atoms with Crippen LogP contribution in [0.3, 0.4) is 0 Å². The van der Waals surface area contributed by atoms with Gasteiger partial charge in [0.25, 0.3) is 5.82 Å². The van der Waals surface area contributed by atoms with Crippen molar-refractivity contribution in [3.63, 3.8) is 0 Å². The van der Waals surface area contributed by atoms with E-state index in [9.17, 15) is 14.9 Å². The van der Waals surface area contributed by atoms with E-state index in [0.717, 1.165) is 62.5 Å². The summed E-state index contributed by atoms with van der Waals surface area (Å²) in [6.45, 7) is 71.1. The van der Waals surface area contributed by atoms with Crippen molar-refractivity contribution in [2.75, 3.05) is 0 Å². The van der Waals surface area contributed by atoms with E-state index in [0.29, 0.717) is 11.1 Å². The minimum atomic E-state index is -1.49. The highest BCUT2D eigenvalue weighted by molar-refractivity contribution is 8.51. The number of carbonyl (C=O) groups excluding carboxylic acids is 2. The van der Waals surface area contributed by atoms with Gasteiger partial charge in [-0.15, -0.1) is 95.7 Å². The second-order valence-electron chi connectivity index (χ2n) is 34.1. The molecular formula is C72H84N10O2S15Si8. The molecule has 0 fully saturated rings. The van der Waals surface area contributed by atoms with Crippen molar-refractivity contribution in [1.82, 2.24) is 19.9 Å². The summed E-state index contributed by atoms with van der Waals surface area (Å²) in [6, 6.07) is 22.1. The summed E-state index contributed by atoms with van der Waals surface area (Å²) in [6.07, 6.45) is 0. The Hall–Kier alpha value is -4.32. The van der Waals surface area contributed by atoms with Gasteiger partial charge < -0.3 is 21.2 Å². The molecule has 0 spiro atoms. The van der Waals surface area contributed by atoms with Gasteiger partial charge in [0.2, 0.25) is 11.6 Å². The number of fused-ring (bicyclic) bond motifs is 21. The molecule has 14 rings (SSSR count). The van der Waals surface area contributed by atoms with Crippen molar-refractivity contribution in [1.29, 1.82) is 10.5 Å². The van der Waals surface area contributed by atoms with Crippen LogP contribution in [-0.2, 0) is 71.4 Å². The number of nitrogens with zero attached hydrogens (tertiary/aromatic N) is 8. The number of hydrogen-bond donors (Lipinski definition) is 2. The molecule has 0 radical (unpaired) electrons. The molecule has 556 valence electrons. The first-order valence-electron chi connectivity index (χ1n) is 33.8. The molecule has 107 heavy (non-hydrogen) atoms. The molecule has 0 atom stereocenters. The zero-order valence-electron chi connectivity index (χ0n) is 64.3. The molecule has 12 nitrogen and oxygen atoms in total. The SMILES string of the molecule is C[Si](C)(C)c1cc2c(s1)-c1sc([Si](C)(C)C)cc1C(=O)C2=O.C[Si](C)(C)c1cc2c3nc4c5cc([Si](C)(C)C)sc5c5sc([Si](C)(C)C)cc5c4nc3c3cc([Si](C)(C)C)sc3c2s1.S=S=S.S=S=S=S.[C-]#[N+]/C(N)=C(/N)C#N.[C-]#[N+]c1nc2c3cc([Si](C)(C)C)sc3c3sc([Si](C)(C)C)cc3c2nc1C#N. The van der Waals surface area contributed by atoms with Crippen LogP contribution in [0.2, 0.25) is 157 Å². The lowest BCUT2D eigenvalue weighted by Gasteiger charge is -2.12. The summed E-state index contributed by atoms with van der Waals surface area (Å²) in [5, 5.41) is 24.9. The van der Waals surface area contributed by atoms with Crippen LogP contribution in [0, 0.1) is 35.8 Å². The average molecular weight is 1830 g/mol. The van der Waals surface area contributed by atoms with E-state index in [1.165, 1.54) is 91.6 Å². The zero-order valence-corrected chi connectivity index (χ0v) is 84.5. The normalized spacial score (nSPS) is 13.0. The van der Waals surface area contributed by atoms with Gasteiger partial charge in [-0.1, -0.05) is 170 Å². The highest BCUT2D eigenvalue weighted by Gasteiger charge is 2.39. The number of rotatable bonds is 8. The molecule has 10 heterocycles. The van der Waals surface area contributed by atoms with Gasteiger partial charge in [0.15, 0.2) is 11.2 Å². The van der Waals surface area contributed by atoms with Crippen LogP contribution in [0.25, 0.3) is 113 Å². The van der Waals surface area contributed by atoms with Gasteiger partial charge >= 0.3 is 5.82 Å². The van der Waals surface area contributed by atoms with E-state index in [4.69, 9.17) is 39.8 Å². The quantitative estimate of drug-likeness (QED) is 0.0479. The first kappa shape index (κ1) is 86.7. The van der Waals surface area contributed by atoms with Crippen LogP contribution >= 0.6 is 90.7 Å². The highest BCUT2D eigenvalue weighted by atomic mass is 33.2. The third-order valence-corrected chi connectivity index (χ3v) is 57.9. The first-order valence-corrected chi connectivity index (χ1v) is 75.0. The van der Waals surface area contributed by atoms with Gasteiger partial charge in [0.1, 0.15) is 23.4 Å². The monoisotopic (exact) mass is 1820 g/mol. The number of ketones is 2. The Morgan fingerprint density at radius 2 is 0.617 bits per heavy atom. The number of hydrogen-bond acceptors (Lipinski definition) is 22. The molecule has 1 aliphatic rings. The Kier molecular flexibility index (Phi) is 26.1. The van der Waals surface area contributed by atoms with E-state index >= 15 is 0 Å². The minimum absolute atomic E-state index is 0.0945. The van der Waals surface area contributed by atoms with E-state index in [2.05, 4.69) is 264 Å². The molecule has 0 saturated heterocycles. The Morgan fingerprint density at radius 3 is 0.804 bits per heavy atom. The number of thiophene rings is 8. The second-order valence-corrected chi connectivity index (χ2v) is 91.1. The third-order valence-electron chi connectivity index (χ3n) is 17.4. The molecule has 0 saturated carbocycles. The van der Waals surface area contributed by atoms with E-state index in [-0.39, 0.29) is 34.6 Å². The Morgan fingerprint density at radius 1 is 0.393 bits per heavy atom. The zero-order chi connectivity index (χ0) is 79.9. The molecule has 0 bridgehead atoms. The lowest BCUT2D eigenvalue weighted by Crippen LogP contribution is -2.35. The number of benzene rings is 3. The summed E-state index contributed by atoms with van der Waals surface area (Å²) in [5.41, 5.74) is 16.9. The lowest BCUT2D eigenvalue weighted by molar-refractivity contribution is 0.0816. The molecule has 4 N–H and O–H groups in total. The molecule has 10 aromatic heterocycles. The fourth-order valence-electron chi connectivity index (χ4n) is 11.3. The van der Waals surface area contributed by atoms with E-state index in [1.807, 2.05) is 80.2 Å². The molecule has 13 aromatic rings. The van der Waals surface area contributed by atoms with Crippen molar-refractivity contribution in [2.45, 2.75) is 157 Å². The maximum atomic E-state index is 12.5. The summed E-state index contributed by atoms with van der Waals surface area (Å²) in [4.78, 5) is 53.8. The van der Waals surface area contributed by atoms with Crippen LogP contribution in [0.15, 0.2) is 60.0 Å². The van der Waals surface area contributed by atoms with Crippen LogP contribution in [-0.4, -0.2) is 96.1 Å². The number of Topliss-reactive ketones (excluding diaryl/α,β-unsaturated/α-hetero) is 2. The topological polar surface area (TPSA) is 194 Å². The third kappa shape index (κ3) is 18.0. The molecule has 3 aromatic carbocycles. The van der Waals surface area contributed by atoms with E-state index < -0.39 is 64.6 Å². The predicted molar refractivity (Wildman–Crippen MR) is 519 cm³/mol. The van der Waals surface area contributed by atoms with Gasteiger partial charge in [0.05, 0.1) is 125 Å². The van der Waals surface area contributed by atoms with Crippen LogP contribution in [0.1, 0.15) is 26.4 Å². The van der Waals surface area contributed by atoms with Gasteiger partial charge in [-0.25, -0.2) is 15.0 Å². The number of nitrogens with two attached hydrogens (primary N) is 2. The van der Waals surface area contributed by atoms with Crippen molar-refractivity contribution >= 4 is 374 Å². The standard InChI is InChI=1S/C32H40N2S4Si4.C20H20N4S2Si2.C16H20O2S2Si2.C4H4N4.S4.S3/c1-39(2,3)21-13-17-25-26(18-14-22(40(4,5)6)36-30(18)29(17)35-21)34-28-20-16-24(42(10,11)12)38-32(20)31-19(27(28)33-25)15-23(37-31)41(7,8)9;1-22-20-13(10-21)23-16-11-8-14(27(2,3)4)25-18(11)19-12(17(16)24-20)9-15(26-19)28(5,6)7;1-21(2,3)11-7-9-13(17)14(18)10-8-12(22(4,5)6)20-16(10)15(9)19-11;1-8-4(7)3(6)2-5;1-3-4-2;1-3-2/h13-16H,1-12H3;8-9H,2-7H3;7-8H,1-6H3;6-7H2;;/b;;;4-3+;;. The maximum Gasteiger partial charge on any atom is 0.307 e. The van der Waals surface area contributed by atoms with Crippen LogP contribution < -0.4 is 47.5 Å². The number of allylic oxidation sites excluding steroid dienone is 1. The Bertz CT molecular complexity index is 5670. The summed E-state index contributed by atoms with van der Waals surface area (Å²) in [5.74, 6) is -0.782. The van der Waals surface area contributed by atoms with Crippen LogP contribution in [0.4, 0.5) is 5.82 Å². The first-order chi connectivity index (χ1) is 49.4. The predicted octanol–water partition coefficient (Wildman–Crippen LogP) is 18.8. The van der Waals surface area contributed by atoms with Gasteiger partial charge in [-0.2, -0.15) is 10.5 Å². The van der Waals surface area contributed by atoms with Gasteiger partial charge in [-0.3, -0.25) is 9.59 Å². The summed E-state index contributed by atoms with van der Waals surface area (Å²) < 4.78 is 19.9. The summed E-state index contributed by atoms with van der Waals surface area (Å²) >= 11 is 32.2. The Balaban J connectivity index is 0.000000176. The molecule has 1 aliphatic carbocycles. The number of aromatic nitrogens is 4. The fraction of sp³-hybridized carbons (Fsp3) is 0.333. The second kappa shape index (κ2) is 32.3.